The van der Waals surface area contributed by atoms with Crippen molar-refractivity contribution in [2.45, 2.75) is 6.92 Å². The Balaban J connectivity index is 1.78. The number of hydrogen-bond donors (Lipinski definition) is 1. The minimum Gasteiger partial charge on any atom is -0.322 e. The lowest BCUT2D eigenvalue weighted by Gasteiger charge is -2.10. The number of benzene rings is 2. The van der Waals surface area contributed by atoms with Crippen molar-refractivity contribution in [3.8, 4) is 0 Å². The molecule has 0 unspecified atom stereocenters. The van der Waals surface area contributed by atoms with Gasteiger partial charge in [0, 0.05) is 18.3 Å². The second-order valence-electron chi connectivity index (χ2n) is 6.11. The van der Waals surface area contributed by atoms with Crippen molar-refractivity contribution >= 4 is 28.1 Å². The molecule has 2 aromatic carbocycles. The van der Waals surface area contributed by atoms with Crippen LogP contribution in [-0.4, -0.2) is 20.1 Å². The Morgan fingerprint density at radius 1 is 1.08 bits per heavy atom. The smallest absolute Gasteiger partial charge is 0.276 e. The molecule has 0 aliphatic carbocycles. The second kappa shape index (κ2) is 5.80. The van der Waals surface area contributed by atoms with Gasteiger partial charge in [-0.25, -0.2) is 8.91 Å². The fraction of sp³-hybridized carbons (Fsp3) is 0.105. The molecule has 130 valence electrons. The van der Waals surface area contributed by atoms with Crippen LogP contribution in [0.1, 0.15) is 15.9 Å². The van der Waals surface area contributed by atoms with Gasteiger partial charge in [0.2, 0.25) is 0 Å². The van der Waals surface area contributed by atoms with Gasteiger partial charge < -0.3 is 9.88 Å². The van der Waals surface area contributed by atoms with Crippen LogP contribution in [0.4, 0.5) is 10.1 Å². The van der Waals surface area contributed by atoms with Gasteiger partial charge in [-0.15, -0.1) is 0 Å². The largest absolute Gasteiger partial charge is 0.322 e. The molecule has 2 heterocycles. The minimum absolute atomic E-state index is 0.201. The highest BCUT2D eigenvalue weighted by Crippen LogP contribution is 2.18. The molecule has 1 amide bonds. The number of nitrogens with zero attached hydrogens (tertiary/aromatic N) is 3. The van der Waals surface area contributed by atoms with E-state index in [1.165, 1.54) is 10.6 Å². The first-order chi connectivity index (χ1) is 12.5. The van der Waals surface area contributed by atoms with Crippen LogP contribution in [0.2, 0.25) is 0 Å². The number of rotatable bonds is 2. The third kappa shape index (κ3) is 2.45. The van der Waals surface area contributed by atoms with E-state index >= 15 is 0 Å². The first kappa shape index (κ1) is 16.0. The SMILES string of the molecule is Cc1ccc(NC(=O)c2ccc3c(c2)n(C)c(=O)c2ccnn23)cc1F. The van der Waals surface area contributed by atoms with Gasteiger partial charge in [-0.2, -0.15) is 5.10 Å². The Bertz CT molecular complexity index is 1240. The Kier molecular flexibility index (Phi) is 3.57. The monoisotopic (exact) mass is 350 g/mol. The molecule has 0 atom stereocenters. The molecule has 26 heavy (non-hydrogen) atoms. The minimum atomic E-state index is -0.386. The van der Waals surface area contributed by atoms with Gasteiger partial charge in [0.1, 0.15) is 11.3 Å². The summed E-state index contributed by atoms with van der Waals surface area (Å²) in [7, 11) is 1.65. The number of nitrogens with one attached hydrogen (secondary N) is 1. The van der Waals surface area contributed by atoms with Gasteiger partial charge in [0.05, 0.1) is 17.2 Å². The lowest BCUT2D eigenvalue weighted by atomic mass is 10.1. The maximum atomic E-state index is 13.7. The van der Waals surface area contributed by atoms with Crippen LogP contribution in [0.25, 0.3) is 16.6 Å². The summed E-state index contributed by atoms with van der Waals surface area (Å²) in [4.78, 5) is 24.9. The van der Waals surface area contributed by atoms with E-state index in [1.54, 1.807) is 61.1 Å². The summed E-state index contributed by atoms with van der Waals surface area (Å²) in [5.41, 5.74) is 2.79. The zero-order valence-corrected chi connectivity index (χ0v) is 14.2. The lowest BCUT2D eigenvalue weighted by molar-refractivity contribution is 0.102. The van der Waals surface area contributed by atoms with E-state index in [1.807, 2.05) is 0 Å². The summed E-state index contributed by atoms with van der Waals surface area (Å²) in [5, 5.41) is 6.84. The van der Waals surface area contributed by atoms with Crippen LogP contribution in [0.15, 0.2) is 53.5 Å². The van der Waals surface area contributed by atoms with E-state index in [0.29, 0.717) is 33.4 Å². The molecule has 6 nitrogen and oxygen atoms in total. The van der Waals surface area contributed by atoms with Crippen LogP contribution in [0.3, 0.4) is 0 Å². The van der Waals surface area contributed by atoms with Crippen molar-refractivity contribution in [3.63, 3.8) is 0 Å². The van der Waals surface area contributed by atoms with Gasteiger partial charge in [0.25, 0.3) is 11.5 Å². The van der Waals surface area contributed by atoms with Crippen molar-refractivity contribution in [3.05, 3.63) is 76.0 Å². The zero-order chi connectivity index (χ0) is 18.4. The maximum Gasteiger partial charge on any atom is 0.276 e. The molecule has 1 N–H and O–H groups in total. The van der Waals surface area contributed by atoms with Crippen molar-refractivity contribution < 1.29 is 9.18 Å². The highest BCUT2D eigenvalue weighted by molar-refractivity contribution is 6.06. The number of aromatic nitrogens is 3. The summed E-state index contributed by atoms with van der Waals surface area (Å²) < 4.78 is 16.7. The number of aryl methyl sites for hydroxylation is 2. The lowest BCUT2D eigenvalue weighted by Crippen LogP contribution is -2.20. The molecule has 0 bridgehead atoms. The second-order valence-corrected chi connectivity index (χ2v) is 6.11. The Morgan fingerprint density at radius 3 is 2.65 bits per heavy atom. The maximum absolute atomic E-state index is 13.7. The van der Waals surface area contributed by atoms with E-state index in [2.05, 4.69) is 10.4 Å². The summed E-state index contributed by atoms with van der Waals surface area (Å²) in [6.07, 6.45) is 1.56. The van der Waals surface area contributed by atoms with E-state index in [9.17, 15) is 14.0 Å². The van der Waals surface area contributed by atoms with E-state index < -0.39 is 0 Å². The summed E-state index contributed by atoms with van der Waals surface area (Å²) in [6, 6.07) is 11.2. The Hall–Kier alpha value is -3.48. The molecule has 0 fully saturated rings. The standard InChI is InChI=1S/C19H15FN4O2/c1-11-3-5-13(10-14(11)20)22-18(25)12-4-6-15-17(9-12)23(2)19(26)16-7-8-21-24(15)16/h3-10H,1-2H3,(H,22,25). The fourth-order valence-electron chi connectivity index (χ4n) is 2.92. The normalized spacial score (nSPS) is 11.2. The third-order valence-corrected chi connectivity index (χ3v) is 4.42. The average Bonchev–Trinajstić information content (AvgIpc) is 3.12. The number of hydrogen-bond acceptors (Lipinski definition) is 3. The van der Waals surface area contributed by atoms with Crippen LogP contribution < -0.4 is 10.9 Å². The molecule has 4 rings (SSSR count). The molecule has 7 heteroatoms. The Labute approximate surface area is 147 Å². The van der Waals surface area contributed by atoms with Crippen molar-refractivity contribution in [2.75, 3.05) is 5.32 Å². The molecule has 2 aromatic heterocycles. The highest BCUT2D eigenvalue weighted by Gasteiger charge is 2.13. The quantitative estimate of drug-likeness (QED) is 0.604. The van der Waals surface area contributed by atoms with Crippen molar-refractivity contribution in [1.29, 1.82) is 0 Å². The molecular formula is C19H15FN4O2. The number of carbonyl (C=O) groups excluding carboxylic acids is 1. The summed E-state index contributed by atoms with van der Waals surface area (Å²) in [5.74, 6) is -0.770. The number of carbonyl (C=O) groups is 1. The number of amides is 1. The van der Waals surface area contributed by atoms with Crippen molar-refractivity contribution in [2.24, 2.45) is 7.05 Å². The summed E-state index contributed by atoms with van der Waals surface area (Å²) >= 11 is 0. The first-order valence-electron chi connectivity index (χ1n) is 8.00. The van der Waals surface area contributed by atoms with E-state index in [0.717, 1.165) is 0 Å². The van der Waals surface area contributed by atoms with Crippen LogP contribution in [0.5, 0.6) is 0 Å². The van der Waals surface area contributed by atoms with Gasteiger partial charge in [-0.1, -0.05) is 6.07 Å². The van der Waals surface area contributed by atoms with Gasteiger partial charge in [-0.3, -0.25) is 9.59 Å². The Morgan fingerprint density at radius 2 is 1.88 bits per heavy atom. The molecule has 0 saturated heterocycles. The molecule has 4 aromatic rings. The number of anilines is 1. The zero-order valence-electron chi connectivity index (χ0n) is 14.2. The predicted molar refractivity (Wildman–Crippen MR) is 97.0 cm³/mol. The predicted octanol–water partition coefficient (Wildman–Crippen LogP) is 2.89. The van der Waals surface area contributed by atoms with E-state index in [4.69, 9.17) is 0 Å². The average molecular weight is 350 g/mol. The van der Waals surface area contributed by atoms with Crippen LogP contribution >= 0.6 is 0 Å². The van der Waals surface area contributed by atoms with Gasteiger partial charge in [0.15, 0.2) is 0 Å². The molecule has 0 aliphatic rings. The molecule has 0 spiro atoms. The van der Waals surface area contributed by atoms with Gasteiger partial charge in [-0.05, 0) is 48.9 Å². The van der Waals surface area contributed by atoms with Crippen LogP contribution in [0, 0.1) is 12.7 Å². The fourth-order valence-corrected chi connectivity index (χ4v) is 2.92. The van der Waals surface area contributed by atoms with Crippen molar-refractivity contribution in [1.82, 2.24) is 14.2 Å². The van der Waals surface area contributed by atoms with Gasteiger partial charge >= 0.3 is 0 Å². The molecule has 0 radical (unpaired) electrons. The molecule has 0 aliphatic heterocycles. The molecule has 0 saturated carbocycles. The molecular weight excluding hydrogens is 335 g/mol. The highest BCUT2D eigenvalue weighted by atomic mass is 19.1. The first-order valence-corrected chi connectivity index (χ1v) is 8.00. The third-order valence-electron chi connectivity index (χ3n) is 4.42. The number of halogens is 1. The summed E-state index contributed by atoms with van der Waals surface area (Å²) in [6.45, 7) is 1.65. The van der Waals surface area contributed by atoms with Crippen LogP contribution in [-0.2, 0) is 7.05 Å². The number of fused-ring (bicyclic) bond motifs is 3. The van der Waals surface area contributed by atoms with E-state index in [-0.39, 0.29) is 17.3 Å². The topological polar surface area (TPSA) is 68.4 Å².